The van der Waals surface area contributed by atoms with Gasteiger partial charge in [0.25, 0.3) is 5.91 Å². The number of hydrogen-bond acceptors (Lipinski definition) is 5. The van der Waals surface area contributed by atoms with Crippen LogP contribution in [0.3, 0.4) is 0 Å². The molecule has 0 unspecified atom stereocenters. The SMILES string of the molecule is Cc1c(C)c(C)c(S(=O)(=O)NCCC(=O)OCC(=O)N(C)Cc2ccccc2F)c(C)c1C. The minimum Gasteiger partial charge on any atom is -0.456 e. The van der Waals surface area contributed by atoms with E-state index >= 15 is 0 Å². The zero-order valence-electron chi connectivity index (χ0n) is 19.9. The molecule has 2 aromatic carbocycles. The first-order valence-electron chi connectivity index (χ1n) is 10.6. The van der Waals surface area contributed by atoms with Gasteiger partial charge in [0.05, 0.1) is 11.3 Å². The third-order valence-corrected chi connectivity index (χ3v) is 7.70. The van der Waals surface area contributed by atoms with Crippen molar-refractivity contribution in [1.82, 2.24) is 9.62 Å². The van der Waals surface area contributed by atoms with Crippen LogP contribution in [-0.2, 0) is 30.9 Å². The van der Waals surface area contributed by atoms with Gasteiger partial charge in [-0.3, -0.25) is 9.59 Å². The topological polar surface area (TPSA) is 92.8 Å². The molecule has 0 aliphatic carbocycles. The Labute approximate surface area is 195 Å². The Balaban J connectivity index is 1.89. The lowest BCUT2D eigenvalue weighted by molar-refractivity contribution is -0.151. The van der Waals surface area contributed by atoms with E-state index in [-0.39, 0.29) is 24.4 Å². The number of nitrogens with zero attached hydrogens (tertiary/aromatic N) is 1. The summed E-state index contributed by atoms with van der Waals surface area (Å²) in [6.07, 6.45) is -0.231. The maximum atomic E-state index is 13.7. The maximum absolute atomic E-state index is 13.7. The summed E-state index contributed by atoms with van der Waals surface area (Å²) in [4.78, 5) is 25.6. The standard InChI is InChI=1S/C24H31FN2O5S/c1-15-16(2)18(4)24(19(5)17(15)3)33(30,31)26-12-11-23(29)32-14-22(28)27(6)13-20-9-7-8-10-21(20)25/h7-10,26H,11-14H2,1-6H3. The number of nitrogens with one attached hydrogen (secondary N) is 1. The monoisotopic (exact) mass is 478 g/mol. The quantitative estimate of drug-likeness (QED) is 0.559. The summed E-state index contributed by atoms with van der Waals surface area (Å²) in [5.74, 6) is -1.63. The molecular weight excluding hydrogens is 447 g/mol. The minimum absolute atomic E-state index is 0.0386. The van der Waals surface area contributed by atoms with Crippen molar-refractivity contribution < 1.29 is 27.1 Å². The van der Waals surface area contributed by atoms with Crippen molar-refractivity contribution in [3.8, 4) is 0 Å². The summed E-state index contributed by atoms with van der Waals surface area (Å²) in [6, 6.07) is 6.09. The fourth-order valence-corrected chi connectivity index (χ4v) is 5.15. The van der Waals surface area contributed by atoms with Crippen molar-refractivity contribution in [2.75, 3.05) is 20.2 Å². The number of likely N-dealkylation sites (N-methyl/N-ethyl adjacent to an activating group) is 1. The van der Waals surface area contributed by atoms with Crippen LogP contribution in [0.4, 0.5) is 4.39 Å². The first-order valence-corrected chi connectivity index (χ1v) is 12.0. The van der Waals surface area contributed by atoms with Crippen LogP contribution in [0.1, 0.15) is 39.8 Å². The molecule has 0 fully saturated rings. The molecular formula is C24H31FN2O5S. The number of esters is 1. The summed E-state index contributed by atoms with van der Waals surface area (Å²) in [6.45, 7) is 8.62. The van der Waals surface area contributed by atoms with Crippen molar-refractivity contribution in [1.29, 1.82) is 0 Å². The first kappa shape index (κ1) is 26.5. The molecule has 7 nitrogen and oxygen atoms in total. The lowest BCUT2D eigenvalue weighted by atomic mass is 9.95. The molecule has 33 heavy (non-hydrogen) atoms. The second kappa shape index (κ2) is 10.9. The van der Waals surface area contributed by atoms with Gasteiger partial charge in [0.1, 0.15) is 5.82 Å². The lowest BCUT2D eigenvalue weighted by Crippen LogP contribution is -2.32. The molecule has 0 saturated heterocycles. The molecule has 0 aliphatic heterocycles. The van der Waals surface area contributed by atoms with Crippen LogP contribution in [0.15, 0.2) is 29.2 Å². The number of ether oxygens (including phenoxy) is 1. The number of halogens is 1. The Morgan fingerprint density at radius 1 is 0.970 bits per heavy atom. The predicted octanol–water partition coefficient (Wildman–Crippen LogP) is 3.24. The van der Waals surface area contributed by atoms with Gasteiger partial charge in [-0.15, -0.1) is 0 Å². The van der Waals surface area contributed by atoms with Crippen LogP contribution >= 0.6 is 0 Å². The summed E-state index contributed by atoms with van der Waals surface area (Å²) >= 11 is 0. The van der Waals surface area contributed by atoms with Crippen molar-refractivity contribution in [3.63, 3.8) is 0 Å². The largest absolute Gasteiger partial charge is 0.456 e. The van der Waals surface area contributed by atoms with Crippen LogP contribution in [0.5, 0.6) is 0 Å². The molecule has 2 rings (SSSR count). The second-order valence-electron chi connectivity index (χ2n) is 8.10. The Kier molecular flexibility index (Phi) is 8.74. The summed E-state index contributed by atoms with van der Waals surface area (Å²) in [5.41, 5.74) is 4.58. The molecule has 0 spiro atoms. The van der Waals surface area contributed by atoms with Crippen molar-refractivity contribution >= 4 is 21.9 Å². The number of benzene rings is 2. The molecule has 0 bridgehead atoms. The molecule has 0 radical (unpaired) electrons. The number of sulfonamides is 1. The molecule has 0 atom stereocenters. The fourth-order valence-electron chi connectivity index (χ4n) is 3.52. The van der Waals surface area contributed by atoms with Gasteiger partial charge in [-0.1, -0.05) is 18.2 Å². The molecule has 2 aromatic rings. The summed E-state index contributed by atoms with van der Waals surface area (Å²) < 4.78 is 46.9. The van der Waals surface area contributed by atoms with Crippen LogP contribution in [0.25, 0.3) is 0 Å². The van der Waals surface area contributed by atoms with E-state index in [1.54, 1.807) is 32.0 Å². The third kappa shape index (κ3) is 6.39. The molecule has 0 saturated carbocycles. The smallest absolute Gasteiger partial charge is 0.307 e. The van der Waals surface area contributed by atoms with E-state index in [0.717, 1.165) is 16.7 Å². The summed E-state index contributed by atoms with van der Waals surface area (Å²) in [7, 11) is -2.35. The predicted molar refractivity (Wildman–Crippen MR) is 124 cm³/mol. The lowest BCUT2D eigenvalue weighted by Gasteiger charge is -2.19. The van der Waals surface area contributed by atoms with Gasteiger partial charge in [-0.05, 0) is 68.5 Å². The molecule has 1 N–H and O–H groups in total. The van der Waals surface area contributed by atoms with Gasteiger partial charge in [-0.2, -0.15) is 0 Å². The highest BCUT2D eigenvalue weighted by Gasteiger charge is 2.23. The van der Waals surface area contributed by atoms with E-state index in [2.05, 4.69) is 4.72 Å². The number of amides is 1. The normalized spacial score (nSPS) is 11.4. The highest BCUT2D eigenvalue weighted by molar-refractivity contribution is 7.89. The number of carbonyl (C=O) groups excluding carboxylic acids is 2. The molecule has 180 valence electrons. The Morgan fingerprint density at radius 2 is 1.52 bits per heavy atom. The number of rotatable bonds is 9. The van der Waals surface area contributed by atoms with Crippen LogP contribution in [0, 0.1) is 40.4 Å². The molecule has 9 heteroatoms. The van der Waals surface area contributed by atoms with Crippen molar-refractivity contribution in [2.45, 2.75) is 52.5 Å². The second-order valence-corrected chi connectivity index (χ2v) is 9.81. The van der Waals surface area contributed by atoms with Gasteiger partial charge in [0.15, 0.2) is 6.61 Å². The first-order chi connectivity index (χ1) is 15.4. The van der Waals surface area contributed by atoms with E-state index in [9.17, 15) is 22.4 Å². The zero-order chi connectivity index (χ0) is 24.9. The van der Waals surface area contributed by atoms with E-state index in [4.69, 9.17) is 4.74 Å². The van der Waals surface area contributed by atoms with Crippen molar-refractivity contribution in [2.24, 2.45) is 0 Å². The average Bonchev–Trinajstić information content (AvgIpc) is 2.76. The van der Waals surface area contributed by atoms with Gasteiger partial charge in [-0.25, -0.2) is 17.5 Å². The molecule has 1 amide bonds. The van der Waals surface area contributed by atoms with Crippen LogP contribution < -0.4 is 4.72 Å². The Morgan fingerprint density at radius 3 is 2.09 bits per heavy atom. The van der Waals surface area contributed by atoms with Crippen LogP contribution in [-0.4, -0.2) is 45.4 Å². The van der Waals surface area contributed by atoms with E-state index in [1.165, 1.54) is 18.0 Å². The average molecular weight is 479 g/mol. The van der Waals surface area contributed by atoms with Gasteiger partial charge in [0, 0.05) is 25.7 Å². The van der Waals surface area contributed by atoms with E-state index in [1.807, 2.05) is 20.8 Å². The van der Waals surface area contributed by atoms with Gasteiger partial charge >= 0.3 is 5.97 Å². The Hall–Kier alpha value is -2.78. The zero-order valence-corrected chi connectivity index (χ0v) is 20.7. The van der Waals surface area contributed by atoms with Gasteiger partial charge in [0.2, 0.25) is 10.0 Å². The molecule has 0 aromatic heterocycles. The highest BCUT2D eigenvalue weighted by atomic mass is 32.2. The van der Waals surface area contributed by atoms with Gasteiger partial charge < -0.3 is 9.64 Å². The summed E-state index contributed by atoms with van der Waals surface area (Å²) in [5, 5.41) is 0. The highest BCUT2D eigenvalue weighted by Crippen LogP contribution is 2.29. The van der Waals surface area contributed by atoms with E-state index < -0.39 is 34.3 Å². The number of hydrogen-bond donors (Lipinski definition) is 1. The minimum atomic E-state index is -3.83. The molecule has 0 heterocycles. The van der Waals surface area contributed by atoms with Crippen molar-refractivity contribution in [3.05, 3.63) is 63.5 Å². The van der Waals surface area contributed by atoms with Crippen LogP contribution in [0.2, 0.25) is 0 Å². The fraction of sp³-hybridized carbons (Fsp3) is 0.417. The van der Waals surface area contributed by atoms with E-state index in [0.29, 0.717) is 16.7 Å². The number of carbonyl (C=O) groups is 2. The maximum Gasteiger partial charge on any atom is 0.307 e. The molecule has 0 aliphatic rings. The third-order valence-electron chi connectivity index (χ3n) is 5.97. The Bertz CT molecular complexity index is 1130.